The summed E-state index contributed by atoms with van der Waals surface area (Å²) in [4.78, 5) is 15.5. The predicted molar refractivity (Wildman–Crippen MR) is 65.0 cm³/mol. The molecule has 0 spiro atoms. The second-order valence-corrected chi connectivity index (χ2v) is 4.04. The van der Waals surface area contributed by atoms with Crippen molar-refractivity contribution < 1.29 is 4.79 Å². The van der Waals surface area contributed by atoms with Crippen molar-refractivity contribution in [1.82, 2.24) is 9.80 Å². The molecule has 1 aliphatic heterocycles. The molecule has 0 bridgehead atoms. The lowest BCUT2D eigenvalue weighted by molar-refractivity contribution is 0.172. The highest BCUT2D eigenvalue weighted by Gasteiger charge is 2.24. The molecule has 0 aliphatic carbocycles. The van der Waals surface area contributed by atoms with Crippen LogP contribution in [0, 0.1) is 5.92 Å². The zero-order valence-electron chi connectivity index (χ0n) is 10.9. The number of nitrogens with zero attached hydrogens (tertiary/aromatic N) is 2. The highest BCUT2D eigenvalue weighted by Crippen LogP contribution is 2.16. The summed E-state index contributed by atoms with van der Waals surface area (Å²) < 4.78 is 0. The van der Waals surface area contributed by atoms with Gasteiger partial charge in [0.15, 0.2) is 0 Å². The average molecular weight is 214 g/mol. The molecular weight excluding hydrogens is 188 g/mol. The molecular formula is C12H26N2O. The Kier molecular flexibility index (Phi) is 7.18. The molecule has 1 rings (SSSR count). The van der Waals surface area contributed by atoms with Gasteiger partial charge in [-0.3, -0.25) is 0 Å². The number of amides is 2. The molecule has 1 saturated heterocycles. The van der Waals surface area contributed by atoms with Crippen LogP contribution in [0.2, 0.25) is 0 Å². The summed E-state index contributed by atoms with van der Waals surface area (Å²) in [6, 6.07) is 0.200. The van der Waals surface area contributed by atoms with E-state index in [-0.39, 0.29) is 6.03 Å². The largest absolute Gasteiger partial charge is 0.328 e. The van der Waals surface area contributed by atoms with Crippen molar-refractivity contribution in [3.8, 4) is 0 Å². The summed E-state index contributed by atoms with van der Waals surface area (Å²) in [7, 11) is 1.88. The van der Waals surface area contributed by atoms with Crippen LogP contribution in [0.25, 0.3) is 0 Å². The van der Waals surface area contributed by atoms with Gasteiger partial charge in [-0.15, -0.1) is 0 Å². The first-order valence-electron chi connectivity index (χ1n) is 6.15. The Labute approximate surface area is 94.4 Å². The molecule has 90 valence electrons. The molecule has 0 aromatic heterocycles. The molecule has 0 saturated carbocycles. The van der Waals surface area contributed by atoms with Gasteiger partial charge in [-0.25, -0.2) is 4.79 Å². The average Bonchev–Trinajstić information content (AvgIpc) is 2.67. The Balaban J connectivity index is 0.000000921. The van der Waals surface area contributed by atoms with Crippen LogP contribution in [0.1, 0.15) is 40.5 Å². The third kappa shape index (κ3) is 4.54. The molecule has 1 aliphatic rings. The first-order chi connectivity index (χ1) is 7.15. The summed E-state index contributed by atoms with van der Waals surface area (Å²) in [6.45, 7) is 11.0. The summed E-state index contributed by atoms with van der Waals surface area (Å²) in [5.41, 5.74) is 0. The second-order valence-electron chi connectivity index (χ2n) is 4.04. The Morgan fingerprint density at radius 1 is 1.47 bits per heavy atom. The van der Waals surface area contributed by atoms with E-state index in [2.05, 4.69) is 13.8 Å². The third-order valence-electron chi connectivity index (χ3n) is 2.58. The molecule has 1 unspecified atom stereocenters. The summed E-state index contributed by atoms with van der Waals surface area (Å²) in [6.07, 6.45) is 2.19. The molecule has 0 aromatic rings. The maximum Gasteiger partial charge on any atom is 0.319 e. The van der Waals surface area contributed by atoms with Gasteiger partial charge in [-0.1, -0.05) is 27.7 Å². The van der Waals surface area contributed by atoms with Gasteiger partial charge in [-0.2, -0.15) is 0 Å². The molecule has 0 radical (unpaired) electrons. The Hall–Kier alpha value is -0.730. The Morgan fingerprint density at radius 2 is 2.07 bits per heavy atom. The molecule has 3 heteroatoms. The van der Waals surface area contributed by atoms with Gasteiger partial charge < -0.3 is 9.80 Å². The zero-order chi connectivity index (χ0) is 11.8. The smallest absolute Gasteiger partial charge is 0.319 e. The van der Waals surface area contributed by atoms with Crippen molar-refractivity contribution in [2.45, 2.75) is 40.5 Å². The van der Waals surface area contributed by atoms with Crippen LogP contribution in [0.4, 0.5) is 4.79 Å². The van der Waals surface area contributed by atoms with Gasteiger partial charge in [0.2, 0.25) is 0 Å². The van der Waals surface area contributed by atoms with Crippen LogP contribution < -0.4 is 0 Å². The number of likely N-dealkylation sites (tertiary alicyclic amines) is 1. The van der Waals surface area contributed by atoms with E-state index in [1.54, 1.807) is 0 Å². The van der Waals surface area contributed by atoms with Gasteiger partial charge in [0.1, 0.15) is 0 Å². The van der Waals surface area contributed by atoms with E-state index in [0.29, 0.717) is 5.92 Å². The summed E-state index contributed by atoms with van der Waals surface area (Å²) in [5, 5.41) is 0. The predicted octanol–water partition coefficient (Wildman–Crippen LogP) is 2.82. The summed E-state index contributed by atoms with van der Waals surface area (Å²) >= 11 is 0. The van der Waals surface area contributed by atoms with Gasteiger partial charge in [0, 0.05) is 26.7 Å². The molecule has 2 amide bonds. The van der Waals surface area contributed by atoms with Crippen LogP contribution >= 0.6 is 0 Å². The number of hydrogen-bond donors (Lipinski definition) is 0. The number of rotatable bonds is 2. The lowest BCUT2D eigenvalue weighted by Crippen LogP contribution is -2.40. The highest BCUT2D eigenvalue weighted by molar-refractivity contribution is 5.74. The van der Waals surface area contributed by atoms with Gasteiger partial charge in [-0.05, 0) is 18.8 Å². The number of carbonyl (C=O) groups excluding carboxylic acids is 1. The third-order valence-corrected chi connectivity index (χ3v) is 2.58. The SMILES string of the molecule is CC.CCCN(C)C(=O)N1CCC(C)C1. The zero-order valence-corrected chi connectivity index (χ0v) is 10.9. The molecule has 1 atom stereocenters. The van der Waals surface area contributed by atoms with Crippen LogP contribution in [-0.4, -0.2) is 42.5 Å². The maximum absolute atomic E-state index is 11.7. The highest BCUT2D eigenvalue weighted by atomic mass is 16.2. The van der Waals surface area contributed by atoms with E-state index in [1.165, 1.54) is 0 Å². The number of hydrogen-bond acceptors (Lipinski definition) is 1. The first kappa shape index (κ1) is 14.3. The van der Waals surface area contributed by atoms with E-state index < -0.39 is 0 Å². The quantitative estimate of drug-likeness (QED) is 0.693. The van der Waals surface area contributed by atoms with Gasteiger partial charge in [0.05, 0.1) is 0 Å². The van der Waals surface area contributed by atoms with Crippen molar-refractivity contribution in [3.63, 3.8) is 0 Å². The van der Waals surface area contributed by atoms with E-state index in [4.69, 9.17) is 0 Å². The Morgan fingerprint density at radius 3 is 2.47 bits per heavy atom. The van der Waals surface area contributed by atoms with Crippen LogP contribution in [0.5, 0.6) is 0 Å². The molecule has 3 nitrogen and oxygen atoms in total. The monoisotopic (exact) mass is 214 g/mol. The molecule has 1 fully saturated rings. The van der Waals surface area contributed by atoms with Crippen molar-refractivity contribution in [2.24, 2.45) is 5.92 Å². The maximum atomic E-state index is 11.7. The van der Waals surface area contributed by atoms with Crippen LogP contribution in [0.3, 0.4) is 0 Å². The lowest BCUT2D eigenvalue weighted by atomic mass is 10.2. The minimum Gasteiger partial charge on any atom is -0.328 e. The number of urea groups is 1. The van der Waals surface area contributed by atoms with Crippen molar-refractivity contribution in [3.05, 3.63) is 0 Å². The van der Waals surface area contributed by atoms with Crippen molar-refractivity contribution >= 4 is 6.03 Å². The second kappa shape index (κ2) is 7.55. The standard InChI is InChI=1S/C10H20N2O.C2H6/c1-4-6-11(3)10(13)12-7-5-9(2)8-12;1-2/h9H,4-8H2,1-3H3;1-2H3. The normalized spacial score (nSPS) is 19.5. The van der Waals surface area contributed by atoms with Crippen LogP contribution in [-0.2, 0) is 0 Å². The minimum absolute atomic E-state index is 0.200. The molecule has 1 heterocycles. The van der Waals surface area contributed by atoms with Crippen molar-refractivity contribution in [1.29, 1.82) is 0 Å². The molecule has 0 N–H and O–H groups in total. The van der Waals surface area contributed by atoms with E-state index in [9.17, 15) is 4.79 Å². The van der Waals surface area contributed by atoms with Gasteiger partial charge in [0.25, 0.3) is 0 Å². The van der Waals surface area contributed by atoms with E-state index >= 15 is 0 Å². The lowest BCUT2D eigenvalue weighted by Gasteiger charge is -2.24. The Bertz CT molecular complexity index is 182. The fraction of sp³-hybridized carbons (Fsp3) is 0.917. The topological polar surface area (TPSA) is 23.6 Å². The summed E-state index contributed by atoms with van der Waals surface area (Å²) in [5.74, 6) is 0.680. The molecule has 0 aromatic carbocycles. The fourth-order valence-electron chi connectivity index (χ4n) is 1.78. The number of carbonyl (C=O) groups is 1. The van der Waals surface area contributed by atoms with Crippen molar-refractivity contribution in [2.75, 3.05) is 26.7 Å². The van der Waals surface area contributed by atoms with E-state index in [1.807, 2.05) is 30.7 Å². The van der Waals surface area contributed by atoms with Crippen LogP contribution in [0.15, 0.2) is 0 Å². The van der Waals surface area contributed by atoms with E-state index in [0.717, 1.165) is 32.5 Å². The minimum atomic E-state index is 0.200. The molecule has 15 heavy (non-hydrogen) atoms. The first-order valence-corrected chi connectivity index (χ1v) is 6.15. The fourth-order valence-corrected chi connectivity index (χ4v) is 1.78. The van der Waals surface area contributed by atoms with Gasteiger partial charge >= 0.3 is 6.03 Å².